The molecule has 7 heteroatoms. The van der Waals surface area contributed by atoms with Crippen LogP contribution in [0.5, 0.6) is 0 Å². The van der Waals surface area contributed by atoms with Gasteiger partial charge in [0, 0.05) is 38.6 Å². The third-order valence-electron chi connectivity index (χ3n) is 3.47. The molecule has 7 nitrogen and oxygen atoms in total. The minimum atomic E-state index is -0.385. The first-order valence-electron chi connectivity index (χ1n) is 6.57. The van der Waals surface area contributed by atoms with E-state index in [0.29, 0.717) is 18.2 Å². The van der Waals surface area contributed by atoms with Crippen LogP contribution in [0.3, 0.4) is 0 Å². The largest absolute Gasteiger partial charge is 0.406 e. The van der Waals surface area contributed by atoms with Crippen LogP contribution in [0.25, 0.3) is 0 Å². The molecule has 1 fully saturated rings. The number of piperazine rings is 1. The average molecular weight is 267 g/mol. The van der Waals surface area contributed by atoms with Gasteiger partial charge in [-0.2, -0.15) is 0 Å². The summed E-state index contributed by atoms with van der Waals surface area (Å²) < 4.78 is 1.92. The molecule has 0 saturated carbocycles. The highest BCUT2D eigenvalue weighted by Gasteiger charge is 2.34. The highest BCUT2D eigenvalue weighted by molar-refractivity contribution is 5.56. The number of imidazole rings is 1. The van der Waals surface area contributed by atoms with Gasteiger partial charge in [0.05, 0.1) is 0 Å². The lowest BCUT2D eigenvalue weighted by molar-refractivity contribution is -0.388. The van der Waals surface area contributed by atoms with Crippen LogP contribution in [0.2, 0.25) is 0 Å². The van der Waals surface area contributed by atoms with Crippen molar-refractivity contribution in [1.82, 2.24) is 14.9 Å². The molecule has 2 rings (SSSR count). The topological polar surface area (TPSA) is 76.2 Å². The summed E-state index contributed by atoms with van der Waals surface area (Å²) in [6.45, 7) is 11.0. The van der Waals surface area contributed by atoms with Gasteiger partial charge < -0.3 is 20.3 Å². The normalized spacial score (nSPS) is 18.6. The molecule has 0 spiro atoms. The van der Waals surface area contributed by atoms with Gasteiger partial charge in [-0.1, -0.05) is 0 Å². The molecule has 0 radical (unpaired) electrons. The average Bonchev–Trinajstić information content (AvgIpc) is 2.64. The molecule has 1 aliphatic rings. The number of hydrogen-bond acceptors (Lipinski definition) is 5. The van der Waals surface area contributed by atoms with Crippen LogP contribution in [-0.2, 0) is 6.54 Å². The fourth-order valence-corrected chi connectivity index (χ4v) is 2.67. The van der Waals surface area contributed by atoms with Crippen LogP contribution < -0.4 is 10.2 Å². The zero-order chi connectivity index (χ0) is 14.2. The molecular weight excluding hydrogens is 246 g/mol. The van der Waals surface area contributed by atoms with E-state index in [9.17, 15) is 10.1 Å². The number of aryl methyl sites for hydroxylation is 1. The predicted molar refractivity (Wildman–Crippen MR) is 73.6 cm³/mol. The first-order valence-corrected chi connectivity index (χ1v) is 6.57. The van der Waals surface area contributed by atoms with Gasteiger partial charge in [0.1, 0.15) is 0 Å². The maximum absolute atomic E-state index is 11.2. The number of nitro groups is 1. The minimum absolute atomic E-state index is 0.0305. The summed E-state index contributed by atoms with van der Waals surface area (Å²) in [5.74, 6) is 1.30. The zero-order valence-electron chi connectivity index (χ0n) is 11.9. The lowest BCUT2D eigenvalue weighted by Gasteiger charge is -2.39. The van der Waals surface area contributed by atoms with Gasteiger partial charge in [-0.3, -0.25) is 4.57 Å². The Morgan fingerprint density at radius 2 is 2.21 bits per heavy atom. The highest BCUT2D eigenvalue weighted by atomic mass is 16.6. The maximum atomic E-state index is 11.2. The molecule has 2 heterocycles. The molecule has 1 aliphatic heterocycles. The van der Waals surface area contributed by atoms with Crippen molar-refractivity contribution in [3.8, 4) is 0 Å². The van der Waals surface area contributed by atoms with Crippen molar-refractivity contribution >= 4 is 11.6 Å². The van der Waals surface area contributed by atoms with E-state index in [-0.39, 0.29) is 16.3 Å². The zero-order valence-corrected chi connectivity index (χ0v) is 11.9. The van der Waals surface area contributed by atoms with E-state index in [4.69, 9.17) is 0 Å². The van der Waals surface area contributed by atoms with Gasteiger partial charge >= 0.3 is 5.82 Å². The van der Waals surface area contributed by atoms with Gasteiger partial charge in [-0.25, -0.2) is 0 Å². The number of nitrogens with zero attached hydrogens (tertiary/aromatic N) is 4. The number of aromatic nitrogens is 2. The molecule has 1 aromatic rings. The van der Waals surface area contributed by atoms with Crippen molar-refractivity contribution < 1.29 is 4.92 Å². The summed E-state index contributed by atoms with van der Waals surface area (Å²) in [6.07, 6.45) is 0. The van der Waals surface area contributed by atoms with Crippen molar-refractivity contribution in [2.45, 2.75) is 39.8 Å². The van der Waals surface area contributed by atoms with Gasteiger partial charge in [0.15, 0.2) is 0 Å². The van der Waals surface area contributed by atoms with Crippen LogP contribution in [0, 0.1) is 17.0 Å². The molecule has 19 heavy (non-hydrogen) atoms. The first kappa shape index (κ1) is 13.8. The Labute approximate surface area is 112 Å². The van der Waals surface area contributed by atoms with E-state index >= 15 is 0 Å². The van der Waals surface area contributed by atoms with Crippen molar-refractivity contribution in [2.24, 2.45) is 0 Å². The van der Waals surface area contributed by atoms with E-state index in [1.54, 1.807) is 0 Å². The van der Waals surface area contributed by atoms with Crippen molar-refractivity contribution in [3.63, 3.8) is 0 Å². The lowest BCUT2D eigenvalue weighted by atomic mass is 10.0. The second-order valence-electron chi connectivity index (χ2n) is 5.54. The minimum Gasteiger partial charge on any atom is -0.358 e. The summed E-state index contributed by atoms with van der Waals surface area (Å²) >= 11 is 0. The van der Waals surface area contributed by atoms with Crippen LogP contribution in [0.1, 0.15) is 26.6 Å². The van der Waals surface area contributed by atoms with Crippen LogP contribution >= 0.6 is 0 Å². The van der Waals surface area contributed by atoms with Crippen LogP contribution in [-0.4, -0.2) is 39.6 Å². The van der Waals surface area contributed by atoms with Crippen LogP contribution in [0.4, 0.5) is 11.6 Å². The van der Waals surface area contributed by atoms with Crippen molar-refractivity contribution in [1.29, 1.82) is 0 Å². The molecule has 1 N–H and O–H groups in total. The molecule has 0 amide bonds. The van der Waals surface area contributed by atoms with E-state index < -0.39 is 0 Å². The summed E-state index contributed by atoms with van der Waals surface area (Å²) in [4.78, 5) is 17.0. The number of nitrogens with one attached hydrogen (secondary N) is 1. The number of anilines is 1. The first-order chi connectivity index (χ1) is 8.85. The van der Waals surface area contributed by atoms with Crippen LogP contribution in [0.15, 0.2) is 0 Å². The number of hydrogen-bond donors (Lipinski definition) is 1. The Morgan fingerprint density at radius 1 is 1.53 bits per heavy atom. The smallest absolute Gasteiger partial charge is 0.358 e. The summed E-state index contributed by atoms with van der Waals surface area (Å²) in [6, 6.07) is 0. The third-order valence-corrected chi connectivity index (χ3v) is 3.47. The SMILES string of the molecule is CCn1c(C)nc([N+](=O)[O-])c1N1CCNC(C)(C)C1. The van der Waals surface area contributed by atoms with E-state index in [1.807, 2.05) is 18.4 Å². The van der Waals surface area contributed by atoms with Gasteiger partial charge in [0.2, 0.25) is 11.6 Å². The summed E-state index contributed by atoms with van der Waals surface area (Å²) in [5.41, 5.74) is -0.0527. The monoisotopic (exact) mass is 267 g/mol. The Hall–Kier alpha value is -1.63. The standard InChI is InChI=1S/C12H21N5O2/c1-5-16-9(2)14-10(17(18)19)11(16)15-7-6-13-12(3,4)8-15/h13H,5-8H2,1-4H3. The van der Waals surface area contributed by atoms with Crippen molar-refractivity contribution in [2.75, 3.05) is 24.5 Å². The molecule has 0 atom stereocenters. The fraction of sp³-hybridized carbons (Fsp3) is 0.750. The Balaban J connectivity index is 2.45. The van der Waals surface area contributed by atoms with Gasteiger partial charge in [-0.15, -0.1) is 0 Å². The lowest BCUT2D eigenvalue weighted by Crippen LogP contribution is -2.57. The molecule has 0 aromatic carbocycles. The quantitative estimate of drug-likeness (QED) is 0.660. The Morgan fingerprint density at radius 3 is 2.74 bits per heavy atom. The van der Waals surface area contributed by atoms with Gasteiger partial charge in [-0.05, 0) is 30.7 Å². The molecular formula is C12H21N5O2. The summed E-state index contributed by atoms with van der Waals surface area (Å²) in [7, 11) is 0. The molecule has 0 unspecified atom stereocenters. The van der Waals surface area contributed by atoms with E-state index in [2.05, 4.69) is 29.0 Å². The maximum Gasteiger partial charge on any atom is 0.406 e. The predicted octanol–water partition coefficient (Wildman–Crippen LogP) is 1.31. The third kappa shape index (κ3) is 2.56. The Bertz CT molecular complexity index is 495. The molecule has 106 valence electrons. The summed E-state index contributed by atoms with van der Waals surface area (Å²) in [5, 5.41) is 14.6. The molecule has 0 bridgehead atoms. The molecule has 1 aromatic heterocycles. The molecule has 1 saturated heterocycles. The van der Waals surface area contributed by atoms with E-state index in [1.165, 1.54) is 0 Å². The fourth-order valence-electron chi connectivity index (χ4n) is 2.67. The van der Waals surface area contributed by atoms with E-state index in [0.717, 1.165) is 19.6 Å². The van der Waals surface area contributed by atoms with Gasteiger partial charge in [0.25, 0.3) is 0 Å². The highest BCUT2D eigenvalue weighted by Crippen LogP contribution is 2.30. The van der Waals surface area contributed by atoms with Crippen molar-refractivity contribution in [3.05, 3.63) is 15.9 Å². The molecule has 0 aliphatic carbocycles. The second-order valence-corrected chi connectivity index (χ2v) is 5.54. The number of rotatable bonds is 3. The Kier molecular flexibility index (Phi) is 3.49. The second kappa shape index (κ2) is 4.80.